The van der Waals surface area contributed by atoms with Crippen molar-refractivity contribution in [3.8, 4) is 0 Å². The van der Waals surface area contributed by atoms with Gasteiger partial charge in [-0.15, -0.1) is 11.6 Å². The maximum Gasteiger partial charge on any atom is 0.180 e. The molecule has 0 fully saturated rings. The molecule has 1 unspecified atom stereocenters. The van der Waals surface area contributed by atoms with Gasteiger partial charge in [0.25, 0.3) is 0 Å². The molecular formula is C10H10ClFO. The largest absolute Gasteiger partial charge is 0.293 e. The highest BCUT2D eigenvalue weighted by Gasteiger charge is 2.15. The average molecular weight is 201 g/mol. The minimum Gasteiger partial charge on any atom is -0.293 e. The van der Waals surface area contributed by atoms with E-state index in [2.05, 4.69) is 0 Å². The Balaban J connectivity index is 2.89. The minimum atomic E-state index is -0.554. The van der Waals surface area contributed by atoms with Gasteiger partial charge in [0.15, 0.2) is 5.78 Å². The lowest BCUT2D eigenvalue weighted by atomic mass is 10.1. The summed E-state index contributed by atoms with van der Waals surface area (Å²) in [5.41, 5.74) is 0.335. The van der Waals surface area contributed by atoms with Gasteiger partial charge in [-0.2, -0.15) is 0 Å². The van der Waals surface area contributed by atoms with E-state index in [0.717, 1.165) is 0 Å². The standard InChI is InChI=1S/C10H10ClFO/c1-2-9(11)10(13)7-4-3-5-8(12)6-7/h3-6,9H,2H2,1H3. The molecule has 70 valence electrons. The highest BCUT2D eigenvalue weighted by atomic mass is 35.5. The summed E-state index contributed by atoms with van der Waals surface area (Å²) in [6.07, 6.45) is 0.552. The Morgan fingerprint density at radius 2 is 2.31 bits per heavy atom. The highest BCUT2D eigenvalue weighted by molar-refractivity contribution is 6.33. The first-order valence-electron chi connectivity index (χ1n) is 4.09. The molecular weight excluding hydrogens is 191 g/mol. The summed E-state index contributed by atoms with van der Waals surface area (Å²) in [7, 11) is 0. The zero-order valence-corrected chi connectivity index (χ0v) is 8.01. The molecule has 1 rings (SSSR count). The van der Waals surface area contributed by atoms with E-state index in [1.165, 1.54) is 18.2 Å². The van der Waals surface area contributed by atoms with Gasteiger partial charge in [-0.25, -0.2) is 4.39 Å². The van der Waals surface area contributed by atoms with Crippen LogP contribution in [0, 0.1) is 5.82 Å². The van der Waals surface area contributed by atoms with E-state index in [-0.39, 0.29) is 5.78 Å². The van der Waals surface area contributed by atoms with E-state index in [9.17, 15) is 9.18 Å². The Morgan fingerprint density at radius 1 is 1.62 bits per heavy atom. The normalized spacial score (nSPS) is 12.5. The SMILES string of the molecule is CCC(Cl)C(=O)c1cccc(F)c1. The maximum atomic E-state index is 12.7. The molecule has 0 aromatic heterocycles. The number of hydrogen-bond donors (Lipinski definition) is 0. The van der Waals surface area contributed by atoms with Crippen molar-refractivity contribution in [1.82, 2.24) is 0 Å². The quantitative estimate of drug-likeness (QED) is 0.542. The maximum absolute atomic E-state index is 12.7. The summed E-state index contributed by atoms with van der Waals surface area (Å²) in [4.78, 5) is 11.4. The predicted molar refractivity (Wildman–Crippen MR) is 50.7 cm³/mol. The van der Waals surface area contributed by atoms with Crippen LogP contribution in [0.2, 0.25) is 0 Å². The van der Waals surface area contributed by atoms with Crippen LogP contribution >= 0.6 is 11.6 Å². The van der Waals surface area contributed by atoms with Crippen LogP contribution in [0.25, 0.3) is 0 Å². The van der Waals surface area contributed by atoms with E-state index >= 15 is 0 Å². The summed E-state index contributed by atoms with van der Waals surface area (Å²) in [5.74, 6) is -0.630. The Bertz CT molecular complexity index is 312. The molecule has 13 heavy (non-hydrogen) atoms. The number of benzene rings is 1. The fourth-order valence-electron chi connectivity index (χ4n) is 1.01. The third kappa shape index (κ3) is 2.52. The number of carbonyl (C=O) groups excluding carboxylic acids is 1. The van der Waals surface area contributed by atoms with Crippen LogP contribution in [-0.2, 0) is 0 Å². The second-order valence-electron chi connectivity index (χ2n) is 2.75. The molecule has 0 bridgehead atoms. The third-order valence-corrected chi connectivity index (χ3v) is 2.26. The Morgan fingerprint density at radius 3 is 2.85 bits per heavy atom. The molecule has 0 saturated heterocycles. The Labute approximate surface area is 81.5 Å². The highest BCUT2D eigenvalue weighted by Crippen LogP contribution is 2.12. The Hall–Kier alpha value is -0.890. The van der Waals surface area contributed by atoms with Crippen LogP contribution in [0.5, 0.6) is 0 Å². The zero-order chi connectivity index (χ0) is 9.84. The molecule has 1 nitrogen and oxygen atoms in total. The summed E-state index contributed by atoms with van der Waals surface area (Å²) in [5, 5.41) is -0.554. The number of alkyl halides is 1. The Kier molecular flexibility index (Phi) is 3.43. The fourth-order valence-corrected chi connectivity index (χ4v) is 1.13. The lowest BCUT2D eigenvalue weighted by Gasteiger charge is -2.04. The molecule has 0 heterocycles. The van der Waals surface area contributed by atoms with Crippen LogP contribution < -0.4 is 0 Å². The van der Waals surface area contributed by atoms with E-state index in [1.54, 1.807) is 6.07 Å². The first kappa shape index (κ1) is 10.2. The number of ketones is 1. The fraction of sp³-hybridized carbons (Fsp3) is 0.300. The van der Waals surface area contributed by atoms with Crippen LogP contribution in [0.1, 0.15) is 23.7 Å². The summed E-state index contributed by atoms with van der Waals surface area (Å²) >= 11 is 5.73. The van der Waals surface area contributed by atoms with Crippen molar-refractivity contribution in [3.05, 3.63) is 35.6 Å². The van der Waals surface area contributed by atoms with Gasteiger partial charge in [-0.1, -0.05) is 19.1 Å². The zero-order valence-electron chi connectivity index (χ0n) is 7.26. The van der Waals surface area contributed by atoms with Crippen molar-refractivity contribution >= 4 is 17.4 Å². The molecule has 0 aliphatic heterocycles. The molecule has 0 aliphatic carbocycles. The molecule has 0 saturated carbocycles. The molecule has 0 N–H and O–H groups in total. The van der Waals surface area contributed by atoms with Crippen LogP contribution in [-0.4, -0.2) is 11.2 Å². The van der Waals surface area contributed by atoms with E-state index in [0.29, 0.717) is 12.0 Å². The number of Topliss-reactive ketones (excluding diaryl/α,β-unsaturated/α-hetero) is 1. The van der Waals surface area contributed by atoms with Gasteiger partial charge in [0.1, 0.15) is 5.82 Å². The van der Waals surface area contributed by atoms with Gasteiger partial charge < -0.3 is 0 Å². The van der Waals surface area contributed by atoms with Crippen molar-refractivity contribution in [1.29, 1.82) is 0 Å². The van der Waals surface area contributed by atoms with Crippen molar-refractivity contribution in [2.45, 2.75) is 18.7 Å². The van der Waals surface area contributed by atoms with Crippen LogP contribution in [0.15, 0.2) is 24.3 Å². The van der Waals surface area contributed by atoms with Crippen molar-refractivity contribution in [2.24, 2.45) is 0 Å². The molecule has 0 amide bonds. The number of rotatable bonds is 3. The summed E-state index contributed by atoms with van der Waals surface area (Å²) < 4.78 is 12.7. The van der Waals surface area contributed by atoms with Gasteiger partial charge in [0.05, 0.1) is 5.38 Å². The van der Waals surface area contributed by atoms with Crippen molar-refractivity contribution in [2.75, 3.05) is 0 Å². The summed E-state index contributed by atoms with van der Waals surface area (Å²) in [6, 6.07) is 5.57. The molecule has 1 atom stereocenters. The minimum absolute atomic E-state index is 0.219. The lowest BCUT2D eigenvalue weighted by molar-refractivity contribution is 0.0985. The van der Waals surface area contributed by atoms with Crippen LogP contribution in [0.4, 0.5) is 4.39 Å². The molecule has 0 radical (unpaired) electrons. The first-order valence-corrected chi connectivity index (χ1v) is 4.52. The van der Waals surface area contributed by atoms with Gasteiger partial charge in [-0.3, -0.25) is 4.79 Å². The van der Waals surface area contributed by atoms with E-state index in [1.807, 2.05) is 6.92 Å². The monoisotopic (exact) mass is 200 g/mol. The second kappa shape index (κ2) is 4.38. The molecule has 1 aromatic carbocycles. The van der Waals surface area contributed by atoms with Gasteiger partial charge >= 0.3 is 0 Å². The average Bonchev–Trinajstić information content (AvgIpc) is 2.15. The predicted octanol–water partition coefficient (Wildman–Crippen LogP) is 3.03. The van der Waals surface area contributed by atoms with Crippen molar-refractivity contribution < 1.29 is 9.18 Å². The molecule has 1 aromatic rings. The molecule has 0 aliphatic rings. The van der Waals surface area contributed by atoms with E-state index in [4.69, 9.17) is 11.6 Å². The first-order chi connectivity index (χ1) is 6.15. The van der Waals surface area contributed by atoms with Gasteiger partial charge in [0, 0.05) is 5.56 Å². The number of carbonyl (C=O) groups is 1. The summed E-state index contributed by atoms with van der Waals surface area (Å²) in [6.45, 7) is 1.81. The van der Waals surface area contributed by atoms with Crippen molar-refractivity contribution in [3.63, 3.8) is 0 Å². The topological polar surface area (TPSA) is 17.1 Å². The molecule has 3 heteroatoms. The van der Waals surface area contributed by atoms with Gasteiger partial charge in [-0.05, 0) is 18.6 Å². The third-order valence-electron chi connectivity index (χ3n) is 1.75. The van der Waals surface area contributed by atoms with E-state index < -0.39 is 11.2 Å². The number of hydrogen-bond acceptors (Lipinski definition) is 1. The lowest BCUT2D eigenvalue weighted by Crippen LogP contribution is -2.13. The van der Waals surface area contributed by atoms with Gasteiger partial charge in [0.2, 0.25) is 0 Å². The number of halogens is 2. The smallest absolute Gasteiger partial charge is 0.180 e. The second-order valence-corrected chi connectivity index (χ2v) is 3.28. The molecule has 0 spiro atoms. The van der Waals surface area contributed by atoms with Crippen LogP contribution in [0.3, 0.4) is 0 Å².